The van der Waals surface area contributed by atoms with Gasteiger partial charge in [-0.15, -0.1) is 0 Å². The second-order valence-corrected chi connectivity index (χ2v) is 6.27. The maximum atomic E-state index is 5.51. The SMILES string of the molecule is c1ccc(-c2noc(C3CCC4CCCCC4N3)n2)cc1. The highest BCUT2D eigenvalue weighted by atomic mass is 16.5. The molecule has 3 unspecified atom stereocenters. The first-order valence-corrected chi connectivity index (χ1v) is 8.05. The van der Waals surface area contributed by atoms with Gasteiger partial charge < -0.3 is 9.84 Å². The van der Waals surface area contributed by atoms with Gasteiger partial charge in [0.25, 0.3) is 0 Å². The molecule has 21 heavy (non-hydrogen) atoms. The van der Waals surface area contributed by atoms with E-state index < -0.39 is 0 Å². The third kappa shape index (κ3) is 2.60. The van der Waals surface area contributed by atoms with E-state index in [0.29, 0.717) is 11.9 Å². The van der Waals surface area contributed by atoms with E-state index >= 15 is 0 Å². The third-order valence-corrected chi connectivity index (χ3v) is 4.92. The number of nitrogens with zero attached hydrogens (tertiary/aromatic N) is 2. The van der Waals surface area contributed by atoms with Crippen LogP contribution in [-0.4, -0.2) is 16.2 Å². The highest BCUT2D eigenvalue weighted by molar-refractivity contribution is 5.53. The van der Waals surface area contributed by atoms with Crippen LogP contribution in [0.5, 0.6) is 0 Å². The minimum Gasteiger partial charge on any atom is -0.337 e. The van der Waals surface area contributed by atoms with Gasteiger partial charge in [0.05, 0.1) is 6.04 Å². The zero-order valence-electron chi connectivity index (χ0n) is 12.2. The molecule has 1 aromatic carbocycles. The molecule has 0 spiro atoms. The third-order valence-electron chi connectivity index (χ3n) is 4.92. The summed E-state index contributed by atoms with van der Waals surface area (Å²) in [6.07, 6.45) is 7.81. The lowest BCUT2D eigenvalue weighted by Crippen LogP contribution is -2.44. The topological polar surface area (TPSA) is 51.0 Å². The van der Waals surface area contributed by atoms with Crippen molar-refractivity contribution >= 4 is 0 Å². The van der Waals surface area contributed by atoms with Crippen LogP contribution < -0.4 is 5.32 Å². The maximum Gasteiger partial charge on any atom is 0.244 e. The molecule has 0 amide bonds. The molecule has 4 heteroatoms. The van der Waals surface area contributed by atoms with Crippen LogP contribution in [0, 0.1) is 5.92 Å². The molecule has 110 valence electrons. The summed E-state index contributed by atoms with van der Waals surface area (Å²) < 4.78 is 5.51. The molecule has 1 aromatic heterocycles. The average molecular weight is 283 g/mol. The van der Waals surface area contributed by atoms with Gasteiger partial charge in [0.15, 0.2) is 0 Å². The fourth-order valence-electron chi connectivity index (χ4n) is 3.77. The monoisotopic (exact) mass is 283 g/mol. The first-order valence-electron chi connectivity index (χ1n) is 8.05. The largest absolute Gasteiger partial charge is 0.337 e. The van der Waals surface area contributed by atoms with Gasteiger partial charge in [-0.05, 0) is 31.6 Å². The molecule has 2 fully saturated rings. The van der Waals surface area contributed by atoms with Crippen LogP contribution in [0.15, 0.2) is 34.9 Å². The Hall–Kier alpha value is -1.68. The predicted molar refractivity (Wildman–Crippen MR) is 80.6 cm³/mol. The van der Waals surface area contributed by atoms with Gasteiger partial charge in [-0.2, -0.15) is 4.98 Å². The van der Waals surface area contributed by atoms with Crippen molar-refractivity contribution in [3.05, 3.63) is 36.2 Å². The van der Waals surface area contributed by atoms with Gasteiger partial charge in [-0.1, -0.05) is 48.3 Å². The van der Waals surface area contributed by atoms with Crippen LogP contribution in [0.3, 0.4) is 0 Å². The van der Waals surface area contributed by atoms with Gasteiger partial charge in [0.2, 0.25) is 11.7 Å². The number of fused-ring (bicyclic) bond motifs is 1. The summed E-state index contributed by atoms with van der Waals surface area (Å²) in [6, 6.07) is 10.9. The predicted octanol–water partition coefficient (Wildman–Crippen LogP) is 3.72. The van der Waals surface area contributed by atoms with Crippen LogP contribution in [-0.2, 0) is 0 Å². The molecule has 2 aromatic rings. The van der Waals surface area contributed by atoms with Crippen LogP contribution in [0.2, 0.25) is 0 Å². The van der Waals surface area contributed by atoms with Crippen molar-refractivity contribution in [3.8, 4) is 11.4 Å². The quantitative estimate of drug-likeness (QED) is 0.912. The van der Waals surface area contributed by atoms with Crippen molar-refractivity contribution in [2.24, 2.45) is 5.92 Å². The number of benzene rings is 1. The lowest BCUT2D eigenvalue weighted by molar-refractivity contribution is 0.158. The van der Waals surface area contributed by atoms with Gasteiger partial charge in [0.1, 0.15) is 0 Å². The molecular formula is C17H21N3O. The second-order valence-electron chi connectivity index (χ2n) is 6.27. The maximum absolute atomic E-state index is 5.51. The highest BCUT2D eigenvalue weighted by Gasteiger charge is 2.34. The Bertz CT molecular complexity index is 595. The fraction of sp³-hybridized carbons (Fsp3) is 0.529. The van der Waals surface area contributed by atoms with E-state index in [1.54, 1.807) is 0 Å². The summed E-state index contributed by atoms with van der Waals surface area (Å²) >= 11 is 0. The smallest absolute Gasteiger partial charge is 0.244 e. The Labute approximate surface area is 124 Å². The van der Waals surface area contributed by atoms with Crippen molar-refractivity contribution < 1.29 is 4.52 Å². The summed E-state index contributed by atoms with van der Waals surface area (Å²) in [5.41, 5.74) is 1.01. The molecule has 1 aliphatic heterocycles. The van der Waals surface area contributed by atoms with Gasteiger partial charge in [-0.3, -0.25) is 0 Å². The first kappa shape index (κ1) is 13.0. The lowest BCUT2D eigenvalue weighted by Gasteiger charge is -2.39. The second kappa shape index (κ2) is 5.60. The van der Waals surface area contributed by atoms with E-state index in [9.17, 15) is 0 Å². The number of aromatic nitrogens is 2. The highest BCUT2D eigenvalue weighted by Crippen LogP contribution is 2.36. The van der Waals surface area contributed by atoms with Crippen molar-refractivity contribution in [1.29, 1.82) is 0 Å². The molecule has 1 saturated heterocycles. The van der Waals surface area contributed by atoms with Gasteiger partial charge in [-0.25, -0.2) is 0 Å². The zero-order valence-corrected chi connectivity index (χ0v) is 12.2. The Kier molecular flexibility index (Phi) is 3.47. The van der Waals surface area contributed by atoms with Gasteiger partial charge in [0, 0.05) is 11.6 Å². The van der Waals surface area contributed by atoms with E-state index in [1.807, 2.05) is 30.3 Å². The number of rotatable bonds is 2. The number of hydrogen-bond donors (Lipinski definition) is 1. The molecule has 1 saturated carbocycles. The standard InChI is InChI=1S/C17H21N3O/c1-2-7-13(8-3-1)16-19-17(21-20-16)15-11-10-12-6-4-5-9-14(12)18-15/h1-3,7-8,12,14-15,18H,4-6,9-11H2. The first-order chi connectivity index (χ1) is 10.4. The average Bonchev–Trinajstić information content (AvgIpc) is 3.05. The van der Waals surface area contributed by atoms with Crippen LogP contribution in [0.1, 0.15) is 50.5 Å². The molecule has 1 aliphatic carbocycles. The normalized spacial score (nSPS) is 29.0. The fourth-order valence-corrected chi connectivity index (χ4v) is 3.77. The lowest BCUT2D eigenvalue weighted by atomic mass is 9.78. The van der Waals surface area contributed by atoms with Crippen molar-refractivity contribution in [2.75, 3.05) is 0 Å². The molecular weight excluding hydrogens is 262 g/mol. The van der Waals surface area contributed by atoms with Crippen molar-refractivity contribution in [1.82, 2.24) is 15.5 Å². The van der Waals surface area contributed by atoms with E-state index in [1.165, 1.54) is 32.1 Å². The summed E-state index contributed by atoms with van der Waals surface area (Å²) in [6.45, 7) is 0. The molecule has 0 radical (unpaired) electrons. The summed E-state index contributed by atoms with van der Waals surface area (Å²) in [5, 5.41) is 7.88. The zero-order chi connectivity index (χ0) is 14.1. The van der Waals surface area contributed by atoms with Crippen molar-refractivity contribution in [3.63, 3.8) is 0 Å². The van der Waals surface area contributed by atoms with Crippen LogP contribution >= 0.6 is 0 Å². The summed E-state index contributed by atoms with van der Waals surface area (Å²) in [4.78, 5) is 4.60. The minimum absolute atomic E-state index is 0.231. The number of hydrogen-bond acceptors (Lipinski definition) is 4. The van der Waals surface area contributed by atoms with Crippen molar-refractivity contribution in [2.45, 2.75) is 50.6 Å². The van der Waals surface area contributed by atoms with E-state index in [-0.39, 0.29) is 6.04 Å². The van der Waals surface area contributed by atoms with E-state index in [2.05, 4.69) is 15.5 Å². The number of nitrogens with one attached hydrogen (secondary N) is 1. The Morgan fingerprint density at radius 2 is 1.86 bits per heavy atom. The molecule has 0 bridgehead atoms. The molecule has 2 aliphatic rings. The summed E-state index contributed by atoms with van der Waals surface area (Å²) in [5.74, 6) is 2.29. The Morgan fingerprint density at radius 1 is 1.00 bits per heavy atom. The van der Waals surface area contributed by atoms with Crippen LogP contribution in [0.25, 0.3) is 11.4 Å². The molecule has 2 heterocycles. The Morgan fingerprint density at radius 3 is 2.76 bits per heavy atom. The van der Waals surface area contributed by atoms with Crippen LogP contribution in [0.4, 0.5) is 0 Å². The minimum atomic E-state index is 0.231. The van der Waals surface area contributed by atoms with E-state index in [4.69, 9.17) is 4.52 Å². The molecule has 1 N–H and O–H groups in total. The number of piperidine rings is 1. The molecule has 3 atom stereocenters. The van der Waals surface area contributed by atoms with E-state index in [0.717, 1.165) is 23.8 Å². The van der Waals surface area contributed by atoms with Gasteiger partial charge >= 0.3 is 0 Å². The summed E-state index contributed by atoms with van der Waals surface area (Å²) in [7, 11) is 0. The molecule has 4 rings (SSSR count). The Balaban J connectivity index is 1.51. The molecule has 4 nitrogen and oxygen atoms in total.